The molecule has 1 N–H and O–H groups in total. The molecule has 0 aliphatic heterocycles. The second-order valence-corrected chi connectivity index (χ2v) is 6.85. The zero-order valence-corrected chi connectivity index (χ0v) is 17.1. The first-order valence-corrected chi connectivity index (χ1v) is 9.44. The number of fused-ring (bicyclic) bond motifs is 1. The van der Waals surface area contributed by atoms with Crippen molar-refractivity contribution < 1.29 is 18.7 Å². The number of ether oxygens (including phenoxy) is 2. The number of para-hydroxylation sites is 1. The molecule has 1 amide bonds. The van der Waals surface area contributed by atoms with Gasteiger partial charge in [0.2, 0.25) is 5.91 Å². The summed E-state index contributed by atoms with van der Waals surface area (Å²) in [5.74, 6) is 1.22. The number of benzene rings is 2. The van der Waals surface area contributed by atoms with Gasteiger partial charge in [-0.05, 0) is 49.6 Å². The van der Waals surface area contributed by atoms with E-state index in [9.17, 15) is 9.59 Å². The molecule has 6 nitrogen and oxygen atoms in total. The van der Waals surface area contributed by atoms with Crippen molar-refractivity contribution in [2.24, 2.45) is 0 Å². The normalized spacial score (nSPS) is 10.8. The van der Waals surface area contributed by atoms with Gasteiger partial charge in [-0.25, -0.2) is 4.79 Å². The van der Waals surface area contributed by atoms with Gasteiger partial charge in [0.25, 0.3) is 0 Å². The summed E-state index contributed by atoms with van der Waals surface area (Å²) in [7, 11) is 3.19. The van der Waals surface area contributed by atoms with Crippen LogP contribution in [0.1, 0.15) is 22.3 Å². The van der Waals surface area contributed by atoms with Crippen LogP contribution in [0.15, 0.2) is 45.6 Å². The van der Waals surface area contributed by atoms with E-state index in [4.69, 9.17) is 13.9 Å². The number of nitrogens with one attached hydrogen (secondary N) is 1. The maximum Gasteiger partial charge on any atom is 0.340 e. The Morgan fingerprint density at radius 3 is 2.45 bits per heavy atom. The first-order valence-electron chi connectivity index (χ1n) is 9.44. The molecule has 3 aromatic rings. The lowest BCUT2D eigenvalue weighted by atomic mass is 10.0. The summed E-state index contributed by atoms with van der Waals surface area (Å²) in [6.45, 7) is 4.13. The van der Waals surface area contributed by atoms with Gasteiger partial charge >= 0.3 is 5.63 Å². The summed E-state index contributed by atoms with van der Waals surface area (Å²) in [4.78, 5) is 24.9. The van der Waals surface area contributed by atoms with Gasteiger partial charge < -0.3 is 19.2 Å². The van der Waals surface area contributed by atoms with Crippen molar-refractivity contribution in [3.8, 4) is 11.5 Å². The lowest BCUT2D eigenvalue weighted by Crippen LogP contribution is -2.29. The molecule has 0 fully saturated rings. The van der Waals surface area contributed by atoms with E-state index < -0.39 is 5.63 Å². The van der Waals surface area contributed by atoms with Crippen molar-refractivity contribution in [3.05, 3.63) is 69.1 Å². The summed E-state index contributed by atoms with van der Waals surface area (Å²) >= 11 is 0. The van der Waals surface area contributed by atoms with Crippen LogP contribution in [0.3, 0.4) is 0 Å². The monoisotopic (exact) mass is 395 g/mol. The molecule has 0 unspecified atom stereocenters. The fourth-order valence-electron chi connectivity index (χ4n) is 3.47. The number of carbonyl (C=O) groups excluding carboxylic acids is 1. The summed E-state index contributed by atoms with van der Waals surface area (Å²) in [5, 5.41) is 3.67. The van der Waals surface area contributed by atoms with E-state index in [0.29, 0.717) is 29.9 Å². The SMILES string of the molecule is COc1ccccc1CCNC(=O)Cc1c(C)c2ccc(OC)c(C)c2oc1=O. The summed E-state index contributed by atoms with van der Waals surface area (Å²) in [5.41, 5.74) is 2.90. The standard InChI is InChI=1S/C23H25NO5/c1-14-17-9-10-19(27-3)15(2)22(17)29-23(26)18(14)13-21(25)24-12-11-16-7-5-6-8-20(16)28-4/h5-10H,11-13H2,1-4H3,(H,24,25). The summed E-state index contributed by atoms with van der Waals surface area (Å²) in [6, 6.07) is 11.4. The predicted molar refractivity (Wildman–Crippen MR) is 112 cm³/mol. The number of carbonyl (C=O) groups is 1. The van der Waals surface area contributed by atoms with Gasteiger partial charge in [-0.15, -0.1) is 0 Å². The highest BCUT2D eigenvalue weighted by Gasteiger charge is 2.17. The van der Waals surface area contributed by atoms with Crippen LogP contribution in [0.4, 0.5) is 0 Å². The van der Waals surface area contributed by atoms with Crippen LogP contribution < -0.4 is 20.4 Å². The maximum atomic E-state index is 12.5. The fraction of sp³-hybridized carbons (Fsp3) is 0.304. The number of hydrogen-bond acceptors (Lipinski definition) is 5. The van der Waals surface area contributed by atoms with E-state index in [2.05, 4.69) is 5.32 Å². The summed E-state index contributed by atoms with van der Waals surface area (Å²) in [6.07, 6.45) is 0.612. The molecule has 0 saturated heterocycles. The number of aryl methyl sites for hydroxylation is 2. The number of methoxy groups -OCH3 is 2. The molecule has 152 valence electrons. The Balaban J connectivity index is 1.74. The third-order valence-corrected chi connectivity index (χ3v) is 5.12. The van der Waals surface area contributed by atoms with Crippen LogP contribution >= 0.6 is 0 Å². The van der Waals surface area contributed by atoms with E-state index in [1.54, 1.807) is 14.2 Å². The van der Waals surface area contributed by atoms with Crippen LogP contribution in [0.25, 0.3) is 11.0 Å². The van der Waals surface area contributed by atoms with Crippen molar-refractivity contribution in [1.29, 1.82) is 0 Å². The minimum absolute atomic E-state index is 0.0267. The molecule has 0 aliphatic rings. The minimum Gasteiger partial charge on any atom is -0.496 e. The molecule has 29 heavy (non-hydrogen) atoms. The second-order valence-electron chi connectivity index (χ2n) is 6.85. The quantitative estimate of drug-likeness (QED) is 0.621. The van der Waals surface area contributed by atoms with Crippen LogP contribution in [0.2, 0.25) is 0 Å². The van der Waals surface area contributed by atoms with Gasteiger partial charge in [-0.3, -0.25) is 4.79 Å². The van der Waals surface area contributed by atoms with Crippen LogP contribution in [0.5, 0.6) is 11.5 Å². The first kappa shape index (κ1) is 20.5. The van der Waals surface area contributed by atoms with Gasteiger partial charge in [0.1, 0.15) is 17.1 Å². The van der Waals surface area contributed by atoms with Crippen LogP contribution in [-0.2, 0) is 17.6 Å². The van der Waals surface area contributed by atoms with Gasteiger partial charge in [0.05, 0.1) is 26.2 Å². The van der Waals surface area contributed by atoms with E-state index in [-0.39, 0.29) is 12.3 Å². The lowest BCUT2D eigenvalue weighted by molar-refractivity contribution is -0.120. The molecule has 2 aromatic carbocycles. The Morgan fingerprint density at radius 2 is 1.72 bits per heavy atom. The van der Waals surface area contributed by atoms with Crippen molar-refractivity contribution in [3.63, 3.8) is 0 Å². The zero-order chi connectivity index (χ0) is 21.0. The lowest BCUT2D eigenvalue weighted by Gasteiger charge is -2.12. The van der Waals surface area contributed by atoms with Crippen molar-refractivity contribution in [1.82, 2.24) is 5.32 Å². The highest BCUT2D eigenvalue weighted by atomic mass is 16.5. The number of hydrogen-bond donors (Lipinski definition) is 1. The topological polar surface area (TPSA) is 77.8 Å². The van der Waals surface area contributed by atoms with Crippen molar-refractivity contribution >= 4 is 16.9 Å². The molecule has 1 aromatic heterocycles. The predicted octanol–water partition coefficient (Wildman–Crippen LogP) is 3.33. The first-order chi connectivity index (χ1) is 14.0. The Kier molecular flexibility index (Phi) is 6.22. The Labute approximate surface area is 169 Å². The Morgan fingerprint density at radius 1 is 1.00 bits per heavy atom. The van der Waals surface area contributed by atoms with E-state index >= 15 is 0 Å². The molecule has 1 heterocycles. The molecule has 0 saturated carbocycles. The van der Waals surface area contributed by atoms with E-state index in [1.807, 2.05) is 50.2 Å². The summed E-state index contributed by atoms with van der Waals surface area (Å²) < 4.78 is 16.1. The average molecular weight is 395 g/mol. The van der Waals surface area contributed by atoms with Gasteiger partial charge in [-0.1, -0.05) is 18.2 Å². The highest BCUT2D eigenvalue weighted by molar-refractivity contribution is 5.87. The van der Waals surface area contributed by atoms with Gasteiger partial charge in [0, 0.05) is 17.5 Å². The minimum atomic E-state index is -0.494. The van der Waals surface area contributed by atoms with E-state index in [1.165, 1.54) is 0 Å². The highest BCUT2D eigenvalue weighted by Crippen LogP contribution is 2.29. The van der Waals surface area contributed by atoms with E-state index in [0.717, 1.165) is 27.8 Å². The molecule has 0 bridgehead atoms. The largest absolute Gasteiger partial charge is 0.496 e. The van der Waals surface area contributed by atoms with Gasteiger partial charge in [0.15, 0.2) is 0 Å². The molecule has 6 heteroatoms. The maximum absolute atomic E-state index is 12.5. The average Bonchev–Trinajstić information content (AvgIpc) is 2.72. The smallest absolute Gasteiger partial charge is 0.340 e. The molecular weight excluding hydrogens is 370 g/mol. The fourth-order valence-corrected chi connectivity index (χ4v) is 3.47. The molecule has 0 atom stereocenters. The van der Waals surface area contributed by atoms with Crippen molar-refractivity contribution in [2.75, 3.05) is 20.8 Å². The molecule has 0 spiro atoms. The third-order valence-electron chi connectivity index (χ3n) is 5.12. The van der Waals surface area contributed by atoms with Crippen LogP contribution in [0, 0.1) is 13.8 Å². The van der Waals surface area contributed by atoms with Crippen molar-refractivity contribution in [2.45, 2.75) is 26.7 Å². The second kappa shape index (κ2) is 8.82. The molecular formula is C23H25NO5. The zero-order valence-electron chi connectivity index (χ0n) is 17.1. The Hall–Kier alpha value is -3.28. The third kappa shape index (κ3) is 4.26. The molecule has 3 rings (SSSR count). The Bertz CT molecular complexity index is 1100. The van der Waals surface area contributed by atoms with Gasteiger partial charge in [-0.2, -0.15) is 0 Å². The number of rotatable bonds is 7. The molecule has 0 aliphatic carbocycles. The molecule has 0 radical (unpaired) electrons. The van der Waals surface area contributed by atoms with Crippen LogP contribution in [-0.4, -0.2) is 26.7 Å². The number of amides is 1.